The lowest BCUT2D eigenvalue weighted by Gasteiger charge is -2.37. The predicted octanol–water partition coefficient (Wildman–Crippen LogP) is 3.00. The molecule has 1 aliphatic rings. The molecule has 3 rings (SSSR count). The minimum Gasteiger partial charge on any atom is -0.496 e. The normalized spacial score (nSPS) is 20.9. The van der Waals surface area contributed by atoms with Gasteiger partial charge in [-0.15, -0.1) is 0 Å². The van der Waals surface area contributed by atoms with Gasteiger partial charge in [0.15, 0.2) is 0 Å². The zero-order chi connectivity index (χ0) is 25.0. The first-order valence-electron chi connectivity index (χ1n) is 11.4. The van der Waals surface area contributed by atoms with Crippen LogP contribution < -0.4 is 9.47 Å². The van der Waals surface area contributed by atoms with Crippen LogP contribution in [0.1, 0.15) is 27.2 Å². The van der Waals surface area contributed by atoms with Gasteiger partial charge in [0, 0.05) is 37.5 Å². The van der Waals surface area contributed by atoms with Crippen LogP contribution in [0.4, 0.5) is 0 Å². The second kappa shape index (κ2) is 10.8. The van der Waals surface area contributed by atoms with E-state index in [1.54, 1.807) is 45.0 Å². The highest BCUT2D eigenvalue weighted by Crippen LogP contribution is 2.38. The number of ether oxygens (including phenoxy) is 2. The maximum absolute atomic E-state index is 13.6. The van der Waals surface area contributed by atoms with Gasteiger partial charge in [-0.2, -0.15) is 4.31 Å². The van der Waals surface area contributed by atoms with E-state index in [1.165, 1.54) is 10.4 Å². The molecule has 3 atom stereocenters. The topological polar surface area (TPSA) is 96.4 Å². The third-order valence-corrected chi connectivity index (χ3v) is 8.29. The number of nitrogens with zero attached hydrogens (tertiary/aromatic N) is 2. The van der Waals surface area contributed by atoms with Crippen molar-refractivity contribution in [2.75, 3.05) is 33.9 Å². The molecule has 0 aliphatic carbocycles. The Morgan fingerprint density at radius 1 is 1.29 bits per heavy atom. The van der Waals surface area contributed by atoms with E-state index in [0.717, 1.165) is 11.1 Å². The van der Waals surface area contributed by atoms with E-state index in [0.29, 0.717) is 18.7 Å². The Kier molecular flexibility index (Phi) is 8.22. The summed E-state index contributed by atoms with van der Waals surface area (Å²) in [5, 5.41) is 9.78. The number of benzene rings is 2. The lowest BCUT2D eigenvalue weighted by Crippen LogP contribution is -2.50. The van der Waals surface area contributed by atoms with Gasteiger partial charge >= 0.3 is 0 Å². The van der Waals surface area contributed by atoms with Crippen LogP contribution in [-0.2, 0) is 14.8 Å². The highest BCUT2D eigenvalue weighted by molar-refractivity contribution is 7.89. The van der Waals surface area contributed by atoms with E-state index in [2.05, 4.69) is 0 Å². The summed E-state index contributed by atoms with van der Waals surface area (Å²) in [5.74, 6) is 0.616. The van der Waals surface area contributed by atoms with Crippen molar-refractivity contribution in [2.45, 2.75) is 44.2 Å². The number of para-hydroxylation sites is 1. The third kappa shape index (κ3) is 5.21. The zero-order valence-corrected chi connectivity index (χ0v) is 21.2. The van der Waals surface area contributed by atoms with Crippen LogP contribution in [0.15, 0.2) is 47.4 Å². The summed E-state index contributed by atoms with van der Waals surface area (Å²) in [6, 6.07) is 11.8. The van der Waals surface area contributed by atoms with Crippen LogP contribution in [0.3, 0.4) is 0 Å². The lowest BCUT2D eigenvalue weighted by atomic mass is 10.0. The van der Waals surface area contributed by atoms with Crippen LogP contribution in [0, 0.1) is 5.92 Å². The summed E-state index contributed by atoms with van der Waals surface area (Å²) >= 11 is 0. The van der Waals surface area contributed by atoms with Crippen molar-refractivity contribution in [1.82, 2.24) is 9.21 Å². The molecule has 9 heteroatoms. The van der Waals surface area contributed by atoms with Gasteiger partial charge in [0.2, 0.25) is 15.9 Å². The molecule has 8 nitrogen and oxygen atoms in total. The average Bonchev–Trinajstić information content (AvgIpc) is 2.84. The number of hydrogen-bond donors (Lipinski definition) is 1. The van der Waals surface area contributed by atoms with Crippen molar-refractivity contribution in [1.29, 1.82) is 0 Å². The van der Waals surface area contributed by atoms with Crippen molar-refractivity contribution in [3.63, 3.8) is 0 Å². The number of aliphatic hydroxyl groups is 1. The van der Waals surface area contributed by atoms with Crippen LogP contribution >= 0.6 is 0 Å². The smallest absolute Gasteiger partial charge is 0.247 e. The van der Waals surface area contributed by atoms with Crippen molar-refractivity contribution < 1.29 is 27.8 Å². The molecule has 0 saturated carbocycles. The Morgan fingerprint density at radius 3 is 2.65 bits per heavy atom. The SMILES string of the molecule is CCC(=O)N(C)C[C@H]1Oc2cc(-c3ccccc3OC)ccc2S(=O)(=O)N([C@@H](C)CO)C[C@H]1C. The van der Waals surface area contributed by atoms with Gasteiger partial charge in [-0.05, 0) is 30.7 Å². The van der Waals surface area contributed by atoms with E-state index < -0.39 is 22.2 Å². The van der Waals surface area contributed by atoms with E-state index in [1.807, 2.05) is 31.2 Å². The predicted molar refractivity (Wildman–Crippen MR) is 130 cm³/mol. The monoisotopic (exact) mass is 490 g/mol. The molecule has 0 spiro atoms. The van der Waals surface area contributed by atoms with Gasteiger partial charge in [-0.1, -0.05) is 38.1 Å². The summed E-state index contributed by atoms with van der Waals surface area (Å²) in [4.78, 5) is 13.9. The molecule has 1 heterocycles. The number of carbonyl (C=O) groups is 1. The molecule has 186 valence electrons. The van der Waals surface area contributed by atoms with Crippen molar-refractivity contribution >= 4 is 15.9 Å². The van der Waals surface area contributed by atoms with E-state index in [9.17, 15) is 18.3 Å². The Balaban J connectivity index is 2.15. The molecule has 0 saturated heterocycles. The van der Waals surface area contributed by atoms with Crippen LogP contribution in [0.25, 0.3) is 11.1 Å². The zero-order valence-electron chi connectivity index (χ0n) is 20.4. The number of carbonyl (C=O) groups excluding carboxylic acids is 1. The second-order valence-electron chi connectivity index (χ2n) is 8.73. The molecule has 2 aromatic rings. The fourth-order valence-corrected chi connectivity index (χ4v) is 5.96. The largest absolute Gasteiger partial charge is 0.496 e. The highest BCUT2D eigenvalue weighted by atomic mass is 32.2. The first-order valence-corrected chi connectivity index (χ1v) is 12.9. The van der Waals surface area contributed by atoms with Crippen molar-refractivity contribution in [3.05, 3.63) is 42.5 Å². The standard InChI is InChI=1S/C25H34N2O6S/c1-6-25(29)26(4)15-23-17(2)14-27(18(3)16-28)34(30,31)24-12-11-19(13-22(24)33-23)20-9-7-8-10-21(20)32-5/h7-13,17-18,23,28H,6,14-16H2,1-5H3/t17-,18+,23-/m1/s1. The summed E-state index contributed by atoms with van der Waals surface area (Å²) in [6.07, 6.45) is -0.0789. The molecule has 0 radical (unpaired) electrons. The van der Waals surface area contributed by atoms with Gasteiger partial charge in [0.1, 0.15) is 22.5 Å². The fourth-order valence-electron chi connectivity index (χ4n) is 4.14. The fraction of sp³-hybridized carbons (Fsp3) is 0.480. The van der Waals surface area contributed by atoms with Gasteiger partial charge in [0.05, 0.1) is 20.3 Å². The summed E-state index contributed by atoms with van der Waals surface area (Å²) in [7, 11) is -0.635. The Bertz CT molecular complexity index is 1120. The Morgan fingerprint density at radius 2 is 2.00 bits per heavy atom. The molecule has 34 heavy (non-hydrogen) atoms. The second-order valence-corrected chi connectivity index (χ2v) is 10.6. The van der Waals surface area contributed by atoms with E-state index in [-0.39, 0.29) is 35.6 Å². The van der Waals surface area contributed by atoms with Gasteiger partial charge in [-0.25, -0.2) is 8.42 Å². The van der Waals surface area contributed by atoms with E-state index >= 15 is 0 Å². The quantitative estimate of drug-likeness (QED) is 0.641. The number of hydrogen-bond acceptors (Lipinski definition) is 6. The summed E-state index contributed by atoms with van der Waals surface area (Å²) in [5.41, 5.74) is 1.55. The van der Waals surface area contributed by atoms with Gasteiger partial charge in [-0.3, -0.25) is 4.79 Å². The minimum absolute atomic E-state index is 0.0194. The van der Waals surface area contributed by atoms with Crippen LogP contribution in [0.2, 0.25) is 0 Å². The summed E-state index contributed by atoms with van der Waals surface area (Å²) < 4.78 is 40.4. The molecule has 0 aromatic heterocycles. The maximum atomic E-state index is 13.6. The Hall–Kier alpha value is -2.62. The Labute approximate surface area is 202 Å². The van der Waals surface area contributed by atoms with E-state index in [4.69, 9.17) is 9.47 Å². The molecule has 1 N–H and O–H groups in total. The molecule has 1 amide bonds. The number of aliphatic hydroxyl groups excluding tert-OH is 1. The van der Waals surface area contributed by atoms with Crippen LogP contribution in [0.5, 0.6) is 11.5 Å². The molecule has 0 fully saturated rings. The molecule has 0 bridgehead atoms. The number of fused-ring (bicyclic) bond motifs is 1. The number of sulfonamides is 1. The highest BCUT2D eigenvalue weighted by Gasteiger charge is 2.38. The minimum atomic E-state index is -3.94. The molecular weight excluding hydrogens is 456 g/mol. The summed E-state index contributed by atoms with van der Waals surface area (Å²) in [6.45, 7) is 5.55. The number of amides is 1. The third-order valence-electron chi connectivity index (χ3n) is 6.27. The lowest BCUT2D eigenvalue weighted by molar-refractivity contribution is -0.131. The van der Waals surface area contributed by atoms with Gasteiger partial charge < -0.3 is 19.5 Å². The first kappa shape index (κ1) is 26.0. The molecule has 0 unspecified atom stereocenters. The maximum Gasteiger partial charge on any atom is 0.247 e. The van der Waals surface area contributed by atoms with Gasteiger partial charge in [0.25, 0.3) is 0 Å². The average molecular weight is 491 g/mol. The molecule has 1 aliphatic heterocycles. The number of methoxy groups -OCH3 is 1. The first-order chi connectivity index (χ1) is 16.1. The number of rotatable bonds is 7. The number of likely N-dealkylation sites (N-methyl/N-ethyl adjacent to an activating group) is 1. The molecule has 2 aromatic carbocycles. The van der Waals surface area contributed by atoms with Crippen molar-refractivity contribution in [2.24, 2.45) is 5.92 Å². The molecular formula is C25H34N2O6S. The van der Waals surface area contributed by atoms with Crippen LogP contribution in [-0.4, -0.2) is 74.6 Å². The van der Waals surface area contributed by atoms with Crippen molar-refractivity contribution in [3.8, 4) is 22.6 Å².